The van der Waals surface area contributed by atoms with Crippen LogP contribution in [0.25, 0.3) is 0 Å². The maximum atomic E-state index is 13.7. The van der Waals surface area contributed by atoms with Crippen LogP contribution in [0.15, 0.2) is 54.6 Å². The molecule has 3 aromatic carbocycles. The molecule has 0 fully saturated rings. The van der Waals surface area contributed by atoms with Crippen LogP contribution in [0.3, 0.4) is 0 Å². The van der Waals surface area contributed by atoms with Crippen molar-refractivity contribution in [1.82, 2.24) is 5.32 Å². The van der Waals surface area contributed by atoms with Crippen LogP contribution in [-0.4, -0.2) is 25.5 Å². The first-order chi connectivity index (χ1) is 15.8. The van der Waals surface area contributed by atoms with Crippen LogP contribution in [0.1, 0.15) is 15.9 Å². The average Bonchev–Trinajstić information content (AvgIpc) is 2.82. The van der Waals surface area contributed by atoms with Gasteiger partial charge >= 0.3 is 0 Å². The number of carbonyl (C=O) groups is 2. The molecule has 0 saturated carbocycles. The van der Waals surface area contributed by atoms with Crippen molar-refractivity contribution < 1.29 is 32.2 Å². The van der Waals surface area contributed by atoms with Crippen molar-refractivity contribution in [3.63, 3.8) is 0 Å². The van der Waals surface area contributed by atoms with Crippen LogP contribution in [0.5, 0.6) is 11.5 Å². The average molecular weight is 479 g/mol. The van der Waals surface area contributed by atoms with Gasteiger partial charge in [-0.1, -0.05) is 29.8 Å². The van der Waals surface area contributed by atoms with E-state index in [1.807, 2.05) is 12.1 Å². The summed E-state index contributed by atoms with van der Waals surface area (Å²) in [7, 11) is 1.41. The molecule has 0 unspecified atom stereocenters. The van der Waals surface area contributed by atoms with Crippen LogP contribution >= 0.6 is 11.6 Å². The van der Waals surface area contributed by atoms with E-state index in [9.17, 15) is 22.8 Å². The first-order valence-corrected chi connectivity index (χ1v) is 9.93. The highest BCUT2D eigenvalue weighted by Crippen LogP contribution is 2.29. The van der Waals surface area contributed by atoms with E-state index in [0.29, 0.717) is 16.8 Å². The maximum Gasteiger partial charge on any atom is 0.251 e. The molecule has 0 heterocycles. The van der Waals surface area contributed by atoms with Gasteiger partial charge in [0.05, 0.1) is 19.3 Å². The number of methoxy groups -OCH3 is 1. The van der Waals surface area contributed by atoms with E-state index in [0.717, 1.165) is 11.6 Å². The van der Waals surface area contributed by atoms with E-state index in [-0.39, 0.29) is 17.9 Å². The Morgan fingerprint density at radius 1 is 0.970 bits per heavy atom. The molecule has 3 rings (SSSR count). The molecule has 2 amide bonds. The van der Waals surface area contributed by atoms with Crippen molar-refractivity contribution >= 4 is 29.1 Å². The number of amides is 2. The Bertz CT molecular complexity index is 1190. The summed E-state index contributed by atoms with van der Waals surface area (Å²) in [5.74, 6) is -5.42. The molecule has 6 nitrogen and oxygen atoms in total. The molecule has 10 heteroatoms. The number of halogens is 4. The summed E-state index contributed by atoms with van der Waals surface area (Å²) in [6.07, 6.45) is 0. The Morgan fingerprint density at radius 2 is 1.73 bits per heavy atom. The largest absolute Gasteiger partial charge is 0.493 e. The number of anilines is 1. The number of nitrogens with one attached hydrogen (secondary N) is 2. The normalized spacial score (nSPS) is 10.5. The number of carbonyl (C=O) groups excluding carboxylic acids is 2. The number of ether oxygens (including phenoxy) is 2. The smallest absolute Gasteiger partial charge is 0.251 e. The van der Waals surface area contributed by atoms with Crippen molar-refractivity contribution in [3.05, 3.63) is 88.2 Å². The molecule has 0 radical (unpaired) electrons. The topological polar surface area (TPSA) is 76.7 Å². The van der Waals surface area contributed by atoms with Gasteiger partial charge in [0.1, 0.15) is 6.61 Å². The van der Waals surface area contributed by atoms with Crippen LogP contribution in [0.4, 0.5) is 18.9 Å². The summed E-state index contributed by atoms with van der Waals surface area (Å²) in [6.45, 7) is -0.355. The van der Waals surface area contributed by atoms with E-state index in [1.165, 1.54) is 25.3 Å². The quantitative estimate of drug-likeness (QED) is 0.460. The van der Waals surface area contributed by atoms with Crippen molar-refractivity contribution in [1.29, 1.82) is 0 Å². The van der Waals surface area contributed by atoms with Gasteiger partial charge < -0.3 is 20.1 Å². The van der Waals surface area contributed by atoms with E-state index in [4.69, 9.17) is 21.1 Å². The Labute approximate surface area is 192 Å². The van der Waals surface area contributed by atoms with Crippen molar-refractivity contribution in [2.45, 2.75) is 6.61 Å². The summed E-state index contributed by atoms with van der Waals surface area (Å²) in [5.41, 5.74) is 0.394. The SMILES string of the molecule is COc1cc(C(=O)NCC(=O)Nc2ccc(F)c(F)c2F)ccc1OCc1ccccc1Cl. The Hall–Kier alpha value is -3.72. The summed E-state index contributed by atoms with van der Waals surface area (Å²) in [5, 5.41) is 4.96. The summed E-state index contributed by atoms with van der Waals surface area (Å²) >= 11 is 6.11. The molecule has 0 aliphatic carbocycles. The molecule has 172 valence electrons. The lowest BCUT2D eigenvalue weighted by molar-refractivity contribution is -0.115. The molecule has 0 aromatic heterocycles. The van der Waals surface area contributed by atoms with Gasteiger partial charge in [-0.05, 0) is 36.4 Å². The van der Waals surface area contributed by atoms with Gasteiger partial charge in [0.2, 0.25) is 5.91 Å². The fraction of sp³-hybridized carbons (Fsp3) is 0.130. The third kappa shape index (κ3) is 5.95. The lowest BCUT2D eigenvalue weighted by Gasteiger charge is -2.13. The third-order valence-corrected chi connectivity index (χ3v) is 4.85. The molecule has 0 spiro atoms. The highest BCUT2D eigenvalue weighted by Gasteiger charge is 2.17. The van der Waals surface area contributed by atoms with Gasteiger partial charge in [-0.3, -0.25) is 9.59 Å². The van der Waals surface area contributed by atoms with Crippen LogP contribution in [-0.2, 0) is 11.4 Å². The predicted octanol–water partition coefficient (Wildman–Crippen LogP) is 4.71. The fourth-order valence-corrected chi connectivity index (χ4v) is 2.97. The number of hydrogen-bond donors (Lipinski definition) is 2. The molecule has 0 aliphatic rings. The lowest BCUT2D eigenvalue weighted by Crippen LogP contribution is -2.33. The number of benzene rings is 3. The van der Waals surface area contributed by atoms with Crippen molar-refractivity contribution in [3.8, 4) is 11.5 Å². The minimum atomic E-state index is -1.71. The summed E-state index contributed by atoms with van der Waals surface area (Å²) < 4.78 is 50.9. The molecule has 33 heavy (non-hydrogen) atoms. The van der Waals surface area contributed by atoms with Gasteiger partial charge in [-0.2, -0.15) is 0 Å². The van der Waals surface area contributed by atoms with Gasteiger partial charge in [0.15, 0.2) is 29.0 Å². The molecule has 3 aromatic rings. The highest BCUT2D eigenvalue weighted by atomic mass is 35.5. The van der Waals surface area contributed by atoms with Gasteiger partial charge in [0, 0.05) is 16.1 Å². The van der Waals surface area contributed by atoms with E-state index < -0.39 is 41.5 Å². The molecule has 0 aliphatic heterocycles. The van der Waals surface area contributed by atoms with E-state index >= 15 is 0 Å². The van der Waals surface area contributed by atoms with Crippen LogP contribution < -0.4 is 20.1 Å². The summed E-state index contributed by atoms with van der Waals surface area (Å²) in [6, 6.07) is 13.1. The van der Waals surface area contributed by atoms with E-state index in [1.54, 1.807) is 12.1 Å². The Balaban J connectivity index is 1.60. The standard InChI is InChI=1S/C23H18ClF3N2O4/c1-32-19-10-13(6-9-18(19)33-12-14-4-2-3-5-15(14)24)23(31)28-11-20(30)29-17-8-7-16(25)21(26)22(17)27/h2-10H,11-12H2,1H3,(H,28,31)(H,29,30). The molecular weight excluding hydrogens is 461 g/mol. The second-order valence-electron chi connectivity index (χ2n) is 6.70. The van der Waals surface area contributed by atoms with E-state index in [2.05, 4.69) is 10.6 Å². The zero-order valence-electron chi connectivity index (χ0n) is 17.3. The van der Waals surface area contributed by atoms with Crippen LogP contribution in [0, 0.1) is 17.5 Å². The molecular formula is C23H18ClF3N2O4. The highest BCUT2D eigenvalue weighted by molar-refractivity contribution is 6.31. The van der Waals surface area contributed by atoms with Gasteiger partial charge in [-0.25, -0.2) is 13.2 Å². The molecule has 2 N–H and O–H groups in total. The van der Waals surface area contributed by atoms with Crippen molar-refractivity contribution in [2.24, 2.45) is 0 Å². The first-order valence-electron chi connectivity index (χ1n) is 9.56. The Morgan fingerprint density at radius 3 is 2.45 bits per heavy atom. The Kier molecular flexibility index (Phi) is 7.78. The molecule has 0 saturated heterocycles. The zero-order chi connectivity index (χ0) is 24.0. The first kappa shape index (κ1) is 23.9. The summed E-state index contributed by atoms with van der Waals surface area (Å²) in [4.78, 5) is 24.3. The predicted molar refractivity (Wildman–Crippen MR) is 116 cm³/mol. The lowest BCUT2D eigenvalue weighted by atomic mass is 10.2. The van der Waals surface area contributed by atoms with Crippen LogP contribution in [0.2, 0.25) is 5.02 Å². The number of rotatable bonds is 8. The zero-order valence-corrected chi connectivity index (χ0v) is 18.0. The van der Waals surface area contributed by atoms with Crippen molar-refractivity contribution in [2.75, 3.05) is 19.0 Å². The third-order valence-electron chi connectivity index (χ3n) is 4.49. The van der Waals surface area contributed by atoms with Gasteiger partial charge in [-0.15, -0.1) is 0 Å². The maximum absolute atomic E-state index is 13.7. The number of hydrogen-bond acceptors (Lipinski definition) is 4. The monoisotopic (exact) mass is 478 g/mol. The second-order valence-corrected chi connectivity index (χ2v) is 7.11. The molecule has 0 atom stereocenters. The minimum Gasteiger partial charge on any atom is -0.493 e. The molecule has 0 bridgehead atoms. The fourth-order valence-electron chi connectivity index (χ4n) is 2.78. The minimum absolute atomic E-state index is 0.170. The second kappa shape index (κ2) is 10.7. The van der Waals surface area contributed by atoms with Gasteiger partial charge in [0.25, 0.3) is 5.91 Å².